The predicted molar refractivity (Wildman–Crippen MR) is 101 cm³/mol. The first-order valence-electron chi connectivity index (χ1n) is 8.81. The molecule has 1 aromatic rings. The van der Waals surface area contributed by atoms with Crippen LogP contribution >= 0.6 is 0 Å². The van der Waals surface area contributed by atoms with Crippen LogP contribution < -0.4 is 4.90 Å². The van der Waals surface area contributed by atoms with Crippen LogP contribution in [0.1, 0.15) is 20.8 Å². The van der Waals surface area contributed by atoms with E-state index in [9.17, 15) is 9.59 Å². The second-order valence-electron chi connectivity index (χ2n) is 7.45. The molecule has 1 aromatic carbocycles. The number of anilines is 1. The number of hydrogen-bond acceptors (Lipinski definition) is 3. The van der Waals surface area contributed by atoms with Gasteiger partial charge in [0.05, 0.1) is 6.54 Å². The van der Waals surface area contributed by atoms with Crippen molar-refractivity contribution in [1.82, 2.24) is 9.80 Å². The van der Waals surface area contributed by atoms with Crippen LogP contribution in [-0.4, -0.2) is 60.9 Å². The van der Waals surface area contributed by atoms with Gasteiger partial charge < -0.3 is 9.80 Å². The molecule has 0 aromatic heterocycles. The number of para-hydroxylation sites is 1. The number of benzene rings is 1. The summed E-state index contributed by atoms with van der Waals surface area (Å²) in [5.74, 6) is 0.234. The summed E-state index contributed by atoms with van der Waals surface area (Å²) in [6.07, 6.45) is 1.74. The number of carbonyl (C=O) groups excluding carboxylic acids is 2. The molecule has 0 bridgehead atoms. The lowest BCUT2D eigenvalue weighted by molar-refractivity contribution is -0.141. The third-order valence-electron chi connectivity index (χ3n) is 4.34. The van der Waals surface area contributed by atoms with Crippen LogP contribution in [0.5, 0.6) is 0 Å². The van der Waals surface area contributed by atoms with E-state index >= 15 is 0 Å². The van der Waals surface area contributed by atoms with Crippen molar-refractivity contribution in [2.24, 2.45) is 5.41 Å². The number of carbonyl (C=O) groups is 2. The first-order chi connectivity index (χ1) is 11.8. The minimum Gasteiger partial charge on any atom is -0.340 e. The van der Waals surface area contributed by atoms with Crippen molar-refractivity contribution < 1.29 is 9.59 Å². The normalized spacial score (nSPS) is 15.7. The maximum atomic E-state index is 12.7. The third kappa shape index (κ3) is 5.16. The van der Waals surface area contributed by atoms with E-state index in [1.54, 1.807) is 11.0 Å². The molecule has 2 amide bonds. The number of rotatable bonds is 5. The summed E-state index contributed by atoms with van der Waals surface area (Å²) < 4.78 is 0. The standard InChI is InChI=1S/C20H29N3O2/c1-5-11-23(17-9-7-6-8-10-17)18(24)16-21-12-14-22(15-13-21)19(25)20(2,3)4/h5-10H,1,11-16H2,2-4H3. The molecule has 0 N–H and O–H groups in total. The fraction of sp³-hybridized carbons (Fsp3) is 0.500. The van der Waals surface area contributed by atoms with E-state index in [1.165, 1.54) is 0 Å². The van der Waals surface area contributed by atoms with Crippen molar-refractivity contribution in [3.8, 4) is 0 Å². The van der Waals surface area contributed by atoms with Gasteiger partial charge in [0, 0.05) is 43.8 Å². The first kappa shape index (κ1) is 19.2. The highest BCUT2D eigenvalue weighted by molar-refractivity contribution is 5.95. The molecule has 1 heterocycles. The first-order valence-corrected chi connectivity index (χ1v) is 8.81. The lowest BCUT2D eigenvalue weighted by atomic mass is 9.94. The molecule has 0 aliphatic carbocycles. The molecular formula is C20H29N3O2. The van der Waals surface area contributed by atoms with Gasteiger partial charge in [-0.3, -0.25) is 14.5 Å². The van der Waals surface area contributed by atoms with Crippen LogP contribution in [0, 0.1) is 5.41 Å². The molecular weight excluding hydrogens is 314 g/mol. The average molecular weight is 343 g/mol. The van der Waals surface area contributed by atoms with E-state index < -0.39 is 0 Å². The Kier molecular flexibility index (Phi) is 6.37. The summed E-state index contributed by atoms with van der Waals surface area (Å²) in [6.45, 7) is 13.2. The fourth-order valence-corrected chi connectivity index (χ4v) is 2.95. The van der Waals surface area contributed by atoms with Gasteiger partial charge in [-0.25, -0.2) is 0 Å². The van der Waals surface area contributed by atoms with Crippen molar-refractivity contribution in [3.05, 3.63) is 43.0 Å². The molecule has 1 aliphatic heterocycles. The zero-order chi connectivity index (χ0) is 18.4. The van der Waals surface area contributed by atoms with E-state index in [4.69, 9.17) is 0 Å². The molecule has 0 saturated carbocycles. The van der Waals surface area contributed by atoms with Gasteiger partial charge in [0.2, 0.25) is 11.8 Å². The summed E-state index contributed by atoms with van der Waals surface area (Å²) >= 11 is 0. The van der Waals surface area contributed by atoms with E-state index in [-0.39, 0.29) is 17.2 Å². The largest absolute Gasteiger partial charge is 0.340 e. The fourth-order valence-electron chi connectivity index (χ4n) is 2.95. The Labute approximate surface area is 150 Å². The van der Waals surface area contributed by atoms with Gasteiger partial charge in [-0.1, -0.05) is 45.0 Å². The zero-order valence-corrected chi connectivity index (χ0v) is 15.6. The number of hydrogen-bond donors (Lipinski definition) is 0. The van der Waals surface area contributed by atoms with Crippen molar-refractivity contribution in [1.29, 1.82) is 0 Å². The Balaban J connectivity index is 1.93. The molecule has 2 rings (SSSR count). The van der Waals surface area contributed by atoms with Gasteiger partial charge in [-0.2, -0.15) is 0 Å². The molecule has 5 heteroatoms. The third-order valence-corrected chi connectivity index (χ3v) is 4.34. The second kappa shape index (κ2) is 8.30. The molecule has 25 heavy (non-hydrogen) atoms. The van der Waals surface area contributed by atoms with Crippen LogP contribution in [0.3, 0.4) is 0 Å². The molecule has 1 aliphatic rings. The van der Waals surface area contributed by atoms with E-state index in [0.29, 0.717) is 26.2 Å². The SMILES string of the molecule is C=CCN(C(=O)CN1CCN(C(=O)C(C)(C)C)CC1)c1ccccc1. The molecule has 1 fully saturated rings. The minimum absolute atomic E-state index is 0.0571. The zero-order valence-electron chi connectivity index (χ0n) is 15.6. The second-order valence-corrected chi connectivity index (χ2v) is 7.45. The maximum absolute atomic E-state index is 12.7. The number of amides is 2. The van der Waals surface area contributed by atoms with E-state index in [1.807, 2.05) is 56.0 Å². The van der Waals surface area contributed by atoms with Crippen molar-refractivity contribution in [3.63, 3.8) is 0 Å². The van der Waals surface area contributed by atoms with Gasteiger partial charge in [-0.15, -0.1) is 6.58 Å². The number of piperazine rings is 1. The van der Waals surface area contributed by atoms with E-state index in [2.05, 4.69) is 11.5 Å². The van der Waals surface area contributed by atoms with Crippen LogP contribution in [0.15, 0.2) is 43.0 Å². The molecule has 0 unspecified atom stereocenters. The Bertz CT molecular complexity index is 599. The summed E-state index contributed by atoms with van der Waals surface area (Å²) in [5, 5.41) is 0. The topological polar surface area (TPSA) is 43.9 Å². The lowest BCUT2D eigenvalue weighted by Gasteiger charge is -2.38. The molecule has 0 spiro atoms. The van der Waals surface area contributed by atoms with Gasteiger partial charge in [0.1, 0.15) is 0 Å². The summed E-state index contributed by atoms with van der Waals surface area (Å²) in [7, 11) is 0. The monoisotopic (exact) mass is 343 g/mol. The van der Waals surface area contributed by atoms with Gasteiger partial charge >= 0.3 is 0 Å². The maximum Gasteiger partial charge on any atom is 0.241 e. The molecule has 0 radical (unpaired) electrons. The van der Waals surface area contributed by atoms with Gasteiger partial charge in [0.15, 0.2) is 0 Å². The Morgan fingerprint density at radius 1 is 1.12 bits per heavy atom. The van der Waals surface area contributed by atoms with Crippen LogP contribution in [-0.2, 0) is 9.59 Å². The van der Waals surface area contributed by atoms with Crippen molar-refractivity contribution in [2.75, 3.05) is 44.2 Å². The van der Waals surface area contributed by atoms with Crippen LogP contribution in [0.4, 0.5) is 5.69 Å². The lowest BCUT2D eigenvalue weighted by Crippen LogP contribution is -2.53. The van der Waals surface area contributed by atoms with E-state index in [0.717, 1.165) is 18.8 Å². The number of nitrogens with zero attached hydrogens (tertiary/aromatic N) is 3. The highest BCUT2D eigenvalue weighted by atomic mass is 16.2. The summed E-state index contributed by atoms with van der Waals surface area (Å²) in [6, 6.07) is 9.65. The summed E-state index contributed by atoms with van der Waals surface area (Å²) in [5.41, 5.74) is 0.528. The van der Waals surface area contributed by atoms with Crippen molar-refractivity contribution in [2.45, 2.75) is 20.8 Å². The smallest absolute Gasteiger partial charge is 0.241 e. The van der Waals surface area contributed by atoms with Crippen LogP contribution in [0.25, 0.3) is 0 Å². The molecule has 5 nitrogen and oxygen atoms in total. The Morgan fingerprint density at radius 3 is 2.24 bits per heavy atom. The highest BCUT2D eigenvalue weighted by Crippen LogP contribution is 2.19. The van der Waals surface area contributed by atoms with Crippen molar-refractivity contribution >= 4 is 17.5 Å². The summed E-state index contributed by atoms with van der Waals surface area (Å²) in [4.78, 5) is 30.9. The van der Waals surface area contributed by atoms with Crippen LogP contribution in [0.2, 0.25) is 0 Å². The quantitative estimate of drug-likeness (QED) is 0.771. The highest BCUT2D eigenvalue weighted by Gasteiger charge is 2.30. The Hall–Kier alpha value is -2.14. The van der Waals surface area contributed by atoms with Gasteiger partial charge in [0.25, 0.3) is 0 Å². The predicted octanol–water partition coefficient (Wildman–Crippen LogP) is 2.40. The molecule has 1 saturated heterocycles. The molecule has 0 atom stereocenters. The van der Waals surface area contributed by atoms with Gasteiger partial charge in [-0.05, 0) is 12.1 Å². The minimum atomic E-state index is -0.355. The molecule has 136 valence electrons. The average Bonchev–Trinajstić information content (AvgIpc) is 2.59. The Morgan fingerprint density at radius 2 is 1.72 bits per heavy atom.